The smallest absolute Gasteiger partial charge is 0.247 e. The van der Waals surface area contributed by atoms with Crippen LogP contribution in [0.1, 0.15) is 5.89 Å². The molecule has 0 N–H and O–H groups in total. The highest BCUT2D eigenvalue weighted by atomic mass is 35.5. The number of rotatable bonds is 6. The summed E-state index contributed by atoms with van der Waals surface area (Å²) in [4.78, 5) is 2.36. The molecule has 0 spiro atoms. The molecule has 1 aliphatic heterocycles. The molecule has 0 bridgehead atoms. The van der Waals surface area contributed by atoms with Crippen molar-refractivity contribution in [3.05, 3.63) is 65.5 Å². The third-order valence-electron chi connectivity index (χ3n) is 4.92. The number of hydrogen-bond acceptors (Lipinski definition) is 6. The third-order valence-corrected chi connectivity index (χ3v) is 7.31. The Labute approximate surface area is 175 Å². The highest BCUT2D eigenvalue weighted by Crippen LogP contribution is 2.25. The zero-order chi connectivity index (χ0) is 20.3. The van der Waals surface area contributed by atoms with E-state index in [4.69, 9.17) is 16.0 Å². The van der Waals surface area contributed by atoms with Gasteiger partial charge in [0.25, 0.3) is 0 Å². The van der Waals surface area contributed by atoms with E-state index < -0.39 is 10.0 Å². The summed E-state index contributed by atoms with van der Waals surface area (Å²) in [7, 11) is -3.58. The van der Waals surface area contributed by atoms with E-state index in [1.54, 1.807) is 24.3 Å². The monoisotopic (exact) mass is 432 g/mol. The van der Waals surface area contributed by atoms with Crippen LogP contribution in [0.25, 0.3) is 11.5 Å². The van der Waals surface area contributed by atoms with Crippen LogP contribution in [0.15, 0.2) is 63.9 Å². The summed E-state index contributed by atoms with van der Waals surface area (Å²) >= 11 is 6.08. The van der Waals surface area contributed by atoms with Crippen molar-refractivity contribution in [3.63, 3.8) is 0 Å². The summed E-state index contributed by atoms with van der Waals surface area (Å²) in [6.07, 6.45) is 0.622. The molecule has 2 heterocycles. The summed E-state index contributed by atoms with van der Waals surface area (Å²) < 4.78 is 32.9. The van der Waals surface area contributed by atoms with E-state index in [0.717, 1.165) is 12.1 Å². The molecule has 9 heteroatoms. The van der Waals surface area contributed by atoms with Crippen LogP contribution in [-0.2, 0) is 16.4 Å². The number of nitrogens with zero attached hydrogens (tertiary/aromatic N) is 4. The van der Waals surface area contributed by atoms with E-state index >= 15 is 0 Å². The number of piperazine rings is 1. The molecular formula is C20H21ClN4O3S. The third kappa shape index (κ3) is 4.51. The van der Waals surface area contributed by atoms with Crippen molar-refractivity contribution >= 4 is 21.6 Å². The van der Waals surface area contributed by atoms with Gasteiger partial charge in [-0.15, -0.1) is 10.2 Å². The van der Waals surface area contributed by atoms with Crippen LogP contribution < -0.4 is 0 Å². The molecule has 0 saturated carbocycles. The molecule has 4 rings (SSSR count). The van der Waals surface area contributed by atoms with Gasteiger partial charge in [-0.2, -0.15) is 4.31 Å². The number of sulfonamides is 1. The minimum absolute atomic E-state index is 0.161. The van der Waals surface area contributed by atoms with Crippen LogP contribution in [0.5, 0.6) is 0 Å². The average Bonchev–Trinajstić information content (AvgIpc) is 3.22. The van der Waals surface area contributed by atoms with E-state index in [9.17, 15) is 8.42 Å². The Morgan fingerprint density at radius 3 is 2.34 bits per heavy atom. The first-order valence-electron chi connectivity index (χ1n) is 9.39. The van der Waals surface area contributed by atoms with Crippen LogP contribution in [0.2, 0.25) is 5.02 Å². The number of hydrogen-bond donors (Lipinski definition) is 0. The molecule has 29 heavy (non-hydrogen) atoms. The molecule has 0 aliphatic carbocycles. The average molecular weight is 433 g/mol. The first-order chi connectivity index (χ1) is 14.0. The van der Waals surface area contributed by atoms with Crippen molar-refractivity contribution in [2.75, 3.05) is 32.7 Å². The Morgan fingerprint density at radius 1 is 0.931 bits per heavy atom. The SMILES string of the molecule is O=S(=O)(c1ccccc1Cl)N1CCN(CCc2nnc(-c3ccccc3)o2)CC1. The topological polar surface area (TPSA) is 79.5 Å². The Hall–Kier alpha value is -2.26. The molecule has 3 aromatic rings. The van der Waals surface area contributed by atoms with Crippen LogP contribution in [-0.4, -0.2) is 60.5 Å². The molecule has 2 aromatic carbocycles. The van der Waals surface area contributed by atoms with Gasteiger partial charge in [0.1, 0.15) is 4.90 Å². The molecular weight excluding hydrogens is 412 g/mol. The number of halogens is 1. The summed E-state index contributed by atoms with van der Waals surface area (Å²) in [6, 6.07) is 16.2. The maximum Gasteiger partial charge on any atom is 0.247 e. The molecule has 7 nitrogen and oxygen atoms in total. The molecule has 152 valence electrons. The Bertz CT molecular complexity index is 1060. The van der Waals surface area contributed by atoms with E-state index in [1.807, 2.05) is 30.3 Å². The summed E-state index contributed by atoms with van der Waals surface area (Å²) in [5.74, 6) is 1.09. The van der Waals surface area contributed by atoms with Crippen molar-refractivity contribution < 1.29 is 12.8 Å². The van der Waals surface area contributed by atoms with Crippen molar-refractivity contribution in [1.29, 1.82) is 0 Å². The van der Waals surface area contributed by atoms with Crippen molar-refractivity contribution in [1.82, 2.24) is 19.4 Å². The maximum atomic E-state index is 12.8. The van der Waals surface area contributed by atoms with Gasteiger partial charge in [0.2, 0.25) is 21.8 Å². The lowest BCUT2D eigenvalue weighted by atomic mass is 10.2. The molecule has 0 amide bonds. The van der Waals surface area contributed by atoms with Gasteiger partial charge in [0.15, 0.2) is 0 Å². The zero-order valence-corrected chi connectivity index (χ0v) is 17.3. The van der Waals surface area contributed by atoms with Crippen LogP contribution in [0.4, 0.5) is 0 Å². The fraction of sp³-hybridized carbons (Fsp3) is 0.300. The quantitative estimate of drug-likeness (QED) is 0.595. The molecule has 1 aromatic heterocycles. The standard InChI is InChI=1S/C20H21ClN4O3S/c21-17-8-4-5-9-18(17)29(26,27)25-14-12-24(13-15-25)11-10-19-22-23-20(28-19)16-6-2-1-3-7-16/h1-9H,10-15H2. The van der Waals surface area contributed by atoms with Crippen molar-refractivity contribution in [3.8, 4) is 11.5 Å². The molecule has 1 fully saturated rings. The lowest BCUT2D eigenvalue weighted by Gasteiger charge is -2.33. The lowest BCUT2D eigenvalue weighted by Crippen LogP contribution is -2.49. The van der Waals surface area contributed by atoms with Gasteiger partial charge < -0.3 is 9.32 Å². The van der Waals surface area contributed by atoms with E-state index in [-0.39, 0.29) is 9.92 Å². The number of aromatic nitrogens is 2. The van der Waals surface area contributed by atoms with Gasteiger partial charge in [-0.1, -0.05) is 41.9 Å². The summed E-state index contributed by atoms with van der Waals surface area (Å²) in [5, 5.41) is 8.47. The van der Waals surface area contributed by atoms with E-state index in [2.05, 4.69) is 15.1 Å². The van der Waals surface area contributed by atoms with Crippen LogP contribution >= 0.6 is 11.6 Å². The summed E-state index contributed by atoms with van der Waals surface area (Å²) in [5.41, 5.74) is 0.893. The highest BCUT2D eigenvalue weighted by Gasteiger charge is 2.29. The van der Waals surface area contributed by atoms with Crippen LogP contribution in [0, 0.1) is 0 Å². The second-order valence-electron chi connectivity index (χ2n) is 6.79. The first-order valence-corrected chi connectivity index (χ1v) is 11.2. The Balaban J connectivity index is 1.32. The van der Waals surface area contributed by atoms with E-state index in [1.165, 1.54) is 4.31 Å². The van der Waals surface area contributed by atoms with Gasteiger partial charge in [0.05, 0.1) is 5.02 Å². The fourth-order valence-electron chi connectivity index (χ4n) is 3.29. The van der Waals surface area contributed by atoms with Crippen molar-refractivity contribution in [2.24, 2.45) is 0 Å². The van der Waals surface area contributed by atoms with E-state index in [0.29, 0.717) is 44.4 Å². The maximum absolute atomic E-state index is 12.8. The zero-order valence-electron chi connectivity index (χ0n) is 15.7. The fourth-order valence-corrected chi connectivity index (χ4v) is 5.21. The second kappa shape index (κ2) is 8.62. The minimum Gasteiger partial charge on any atom is -0.421 e. The van der Waals surface area contributed by atoms with Crippen LogP contribution in [0.3, 0.4) is 0 Å². The Kier molecular flexibility index (Phi) is 5.96. The van der Waals surface area contributed by atoms with Crippen molar-refractivity contribution in [2.45, 2.75) is 11.3 Å². The summed E-state index contributed by atoms with van der Waals surface area (Å²) in [6.45, 7) is 2.86. The van der Waals surface area contributed by atoms with Gasteiger partial charge >= 0.3 is 0 Å². The molecule has 1 saturated heterocycles. The predicted molar refractivity (Wildman–Crippen MR) is 110 cm³/mol. The molecule has 0 radical (unpaired) electrons. The molecule has 0 unspecified atom stereocenters. The molecule has 1 aliphatic rings. The number of benzene rings is 2. The predicted octanol–water partition coefficient (Wildman–Crippen LogP) is 2.94. The Morgan fingerprint density at radius 2 is 1.62 bits per heavy atom. The van der Waals surface area contributed by atoms with Gasteiger partial charge in [-0.3, -0.25) is 0 Å². The second-order valence-corrected chi connectivity index (χ2v) is 9.11. The van der Waals surface area contributed by atoms with Gasteiger partial charge in [-0.25, -0.2) is 8.42 Å². The lowest BCUT2D eigenvalue weighted by molar-refractivity contribution is 0.187. The highest BCUT2D eigenvalue weighted by molar-refractivity contribution is 7.89. The largest absolute Gasteiger partial charge is 0.421 e. The van der Waals surface area contributed by atoms with Gasteiger partial charge in [-0.05, 0) is 24.3 Å². The minimum atomic E-state index is -3.58. The first kappa shape index (κ1) is 20.0. The normalized spacial score (nSPS) is 16.2. The van der Waals surface area contributed by atoms with Gasteiger partial charge in [0, 0.05) is 44.7 Å². The molecule has 0 atom stereocenters.